The molecule has 0 saturated heterocycles. The van der Waals surface area contributed by atoms with Gasteiger partial charge in [0.15, 0.2) is 0 Å². The number of rotatable bonds is 7. The van der Waals surface area contributed by atoms with Crippen molar-refractivity contribution in [1.82, 2.24) is 0 Å². The molecule has 0 unspecified atom stereocenters. The minimum absolute atomic E-state index is 0.231. The van der Waals surface area contributed by atoms with Crippen LogP contribution >= 0.6 is 0 Å². The van der Waals surface area contributed by atoms with Gasteiger partial charge in [0.25, 0.3) is 0 Å². The maximum atomic E-state index is 5.71. The highest BCUT2D eigenvalue weighted by atomic mass is 14.9. The molecule has 2 heteroatoms. The van der Waals surface area contributed by atoms with E-state index in [1.807, 2.05) is 0 Å². The molecule has 0 heterocycles. The van der Waals surface area contributed by atoms with Gasteiger partial charge in [0.2, 0.25) is 0 Å². The van der Waals surface area contributed by atoms with Crippen LogP contribution in [0.4, 0.5) is 5.69 Å². The van der Waals surface area contributed by atoms with Gasteiger partial charge in [-0.25, -0.2) is 0 Å². The average Bonchev–Trinajstić information content (AvgIpc) is 2.32. The number of hydrogen-bond acceptors (Lipinski definition) is 2. The maximum absolute atomic E-state index is 5.71. The first kappa shape index (κ1) is 14.0. The fourth-order valence-electron chi connectivity index (χ4n) is 1.73. The minimum atomic E-state index is 0.231. The molecular weight excluding hydrogens is 208 g/mol. The van der Waals surface area contributed by atoms with Gasteiger partial charge in [-0.15, -0.1) is 0 Å². The molecule has 0 radical (unpaired) electrons. The highest BCUT2D eigenvalue weighted by molar-refractivity contribution is 5.44. The van der Waals surface area contributed by atoms with Crippen LogP contribution in [0.5, 0.6) is 0 Å². The first-order valence-electron chi connectivity index (χ1n) is 6.60. The second-order valence-electron chi connectivity index (χ2n) is 5.49. The first-order valence-corrected chi connectivity index (χ1v) is 6.60. The molecular formula is C15H26N2. The lowest BCUT2D eigenvalue weighted by Gasteiger charge is -2.22. The summed E-state index contributed by atoms with van der Waals surface area (Å²) in [5.74, 6) is 0. The zero-order valence-electron chi connectivity index (χ0n) is 11.4. The van der Waals surface area contributed by atoms with Crippen LogP contribution in [0.15, 0.2) is 24.3 Å². The molecule has 0 aliphatic heterocycles. The van der Waals surface area contributed by atoms with Crippen LogP contribution in [0.2, 0.25) is 0 Å². The third kappa shape index (κ3) is 5.22. The molecule has 1 aromatic carbocycles. The summed E-state index contributed by atoms with van der Waals surface area (Å²) in [6, 6.07) is 8.75. The van der Waals surface area contributed by atoms with E-state index in [9.17, 15) is 0 Å². The molecule has 0 bridgehead atoms. The van der Waals surface area contributed by atoms with Gasteiger partial charge in [0, 0.05) is 12.2 Å². The Morgan fingerprint density at radius 2 is 1.82 bits per heavy atom. The van der Waals surface area contributed by atoms with Gasteiger partial charge in [-0.05, 0) is 42.5 Å². The smallest absolute Gasteiger partial charge is 0.0340 e. The molecule has 1 aromatic rings. The fraction of sp³-hybridized carbons (Fsp3) is 0.600. The van der Waals surface area contributed by atoms with Gasteiger partial charge in [-0.2, -0.15) is 0 Å². The molecule has 0 amide bonds. The molecule has 0 aromatic heterocycles. The van der Waals surface area contributed by atoms with Crippen molar-refractivity contribution in [3.63, 3.8) is 0 Å². The number of nitrogens with one attached hydrogen (secondary N) is 1. The molecule has 0 fully saturated rings. The van der Waals surface area contributed by atoms with Crippen LogP contribution in [0.1, 0.15) is 39.2 Å². The van der Waals surface area contributed by atoms with Gasteiger partial charge >= 0.3 is 0 Å². The van der Waals surface area contributed by atoms with Crippen LogP contribution < -0.4 is 11.1 Å². The molecule has 17 heavy (non-hydrogen) atoms. The zero-order chi connectivity index (χ0) is 12.7. The van der Waals surface area contributed by atoms with E-state index < -0.39 is 0 Å². The molecule has 96 valence electrons. The molecule has 0 aliphatic rings. The van der Waals surface area contributed by atoms with E-state index in [2.05, 4.69) is 50.4 Å². The Balaban J connectivity index is 2.37. The lowest BCUT2D eigenvalue weighted by atomic mass is 9.90. The monoisotopic (exact) mass is 234 g/mol. The van der Waals surface area contributed by atoms with Crippen molar-refractivity contribution in [2.75, 3.05) is 18.4 Å². The Morgan fingerprint density at radius 1 is 1.18 bits per heavy atom. The predicted octanol–water partition coefficient (Wildman–Crippen LogP) is 3.43. The second-order valence-corrected chi connectivity index (χ2v) is 5.49. The van der Waals surface area contributed by atoms with Crippen molar-refractivity contribution in [2.45, 2.75) is 40.0 Å². The van der Waals surface area contributed by atoms with E-state index in [1.165, 1.54) is 24.1 Å². The van der Waals surface area contributed by atoms with Crippen molar-refractivity contribution in [2.24, 2.45) is 11.1 Å². The lowest BCUT2D eigenvalue weighted by molar-refractivity contribution is 0.358. The van der Waals surface area contributed by atoms with Crippen LogP contribution in [-0.2, 0) is 6.42 Å². The molecule has 0 spiro atoms. The number of benzene rings is 1. The predicted molar refractivity (Wildman–Crippen MR) is 76.4 cm³/mol. The lowest BCUT2D eigenvalue weighted by Crippen LogP contribution is -2.26. The third-order valence-corrected chi connectivity index (χ3v) is 3.18. The van der Waals surface area contributed by atoms with Crippen molar-refractivity contribution >= 4 is 5.69 Å². The topological polar surface area (TPSA) is 38.0 Å². The highest BCUT2D eigenvalue weighted by Gasteiger charge is 2.14. The zero-order valence-corrected chi connectivity index (χ0v) is 11.4. The van der Waals surface area contributed by atoms with Crippen LogP contribution in [0.3, 0.4) is 0 Å². The summed E-state index contributed by atoms with van der Waals surface area (Å²) in [5.41, 5.74) is 8.57. The number of hydrogen-bond donors (Lipinski definition) is 2. The summed E-state index contributed by atoms with van der Waals surface area (Å²) >= 11 is 0. The van der Waals surface area contributed by atoms with E-state index in [1.54, 1.807) is 0 Å². The maximum Gasteiger partial charge on any atom is 0.0340 e. The van der Waals surface area contributed by atoms with Crippen molar-refractivity contribution in [3.8, 4) is 0 Å². The summed E-state index contributed by atoms with van der Waals surface area (Å²) in [6.45, 7) is 8.35. The van der Waals surface area contributed by atoms with Gasteiger partial charge in [0.1, 0.15) is 0 Å². The standard InChI is InChI=1S/C15H26N2/c1-4-5-13-6-8-14(9-7-13)17-11-10-15(2,3)12-16/h6-9,17H,4-5,10-12,16H2,1-3H3. The van der Waals surface area contributed by atoms with Crippen molar-refractivity contribution in [3.05, 3.63) is 29.8 Å². The minimum Gasteiger partial charge on any atom is -0.385 e. The normalized spacial score (nSPS) is 11.5. The van der Waals surface area contributed by atoms with Crippen LogP contribution in [-0.4, -0.2) is 13.1 Å². The Bertz CT molecular complexity index is 314. The Kier molecular flexibility index (Phi) is 5.49. The molecule has 0 saturated carbocycles. The number of anilines is 1. The summed E-state index contributed by atoms with van der Waals surface area (Å²) in [6.07, 6.45) is 3.47. The summed E-state index contributed by atoms with van der Waals surface area (Å²) in [7, 11) is 0. The molecule has 2 nitrogen and oxygen atoms in total. The van der Waals surface area contributed by atoms with Crippen LogP contribution in [0.25, 0.3) is 0 Å². The van der Waals surface area contributed by atoms with Gasteiger partial charge in [-0.3, -0.25) is 0 Å². The molecule has 0 aliphatic carbocycles. The van der Waals surface area contributed by atoms with E-state index in [-0.39, 0.29) is 5.41 Å². The molecule has 3 N–H and O–H groups in total. The quantitative estimate of drug-likeness (QED) is 0.758. The summed E-state index contributed by atoms with van der Waals surface area (Å²) in [4.78, 5) is 0. The second kappa shape index (κ2) is 6.65. The first-order chi connectivity index (χ1) is 8.07. The Morgan fingerprint density at radius 3 is 2.35 bits per heavy atom. The SMILES string of the molecule is CCCc1ccc(NCCC(C)(C)CN)cc1. The van der Waals surface area contributed by atoms with E-state index >= 15 is 0 Å². The Labute approximate surface area is 106 Å². The number of aryl methyl sites for hydroxylation is 1. The molecule has 1 rings (SSSR count). The summed E-state index contributed by atoms with van der Waals surface area (Å²) < 4.78 is 0. The fourth-order valence-corrected chi connectivity index (χ4v) is 1.73. The van der Waals surface area contributed by atoms with E-state index in [0.29, 0.717) is 0 Å². The van der Waals surface area contributed by atoms with Gasteiger partial charge in [-0.1, -0.05) is 39.3 Å². The average molecular weight is 234 g/mol. The summed E-state index contributed by atoms with van der Waals surface area (Å²) in [5, 5.41) is 3.45. The van der Waals surface area contributed by atoms with E-state index in [4.69, 9.17) is 5.73 Å². The van der Waals surface area contributed by atoms with Gasteiger partial charge in [0.05, 0.1) is 0 Å². The van der Waals surface area contributed by atoms with Crippen LogP contribution in [0, 0.1) is 5.41 Å². The number of nitrogens with two attached hydrogens (primary N) is 1. The third-order valence-electron chi connectivity index (χ3n) is 3.18. The highest BCUT2D eigenvalue weighted by Crippen LogP contribution is 2.18. The largest absolute Gasteiger partial charge is 0.385 e. The molecule has 0 atom stereocenters. The van der Waals surface area contributed by atoms with Gasteiger partial charge < -0.3 is 11.1 Å². The Hall–Kier alpha value is -1.02. The van der Waals surface area contributed by atoms with E-state index in [0.717, 1.165) is 19.5 Å². The van der Waals surface area contributed by atoms with Crippen molar-refractivity contribution < 1.29 is 0 Å². The van der Waals surface area contributed by atoms with Crippen molar-refractivity contribution in [1.29, 1.82) is 0 Å².